The van der Waals surface area contributed by atoms with Gasteiger partial charge in [-0.2, -0.15) is 0 Å². The van der Waals surface area contributed by atoms with E-state index >= 15 is 0 Å². The molecule has 5 rings (SSSR count). The van der Waals surface area contributed by atoms with Crippen LogP contribution in [-0.2, 0) is 14.3 Å². The number of imide groups is 1. The third kappa shape index (κ3) is 4.41. The predicted octanol–water partition coefficient (Wildman–Crippen LogP) is 7.10. The van der Waals surface area contributed by atoms with E-state index in [2.05, 4.69) is 50.4 Å². The number of hydrogen-bond acceptors (Lipinski definition) is 4. The summed E-state index contributed by atoms with van der Waals surface area (Å²) < 4.78 is 6.90. The zero-order valence-electron chi connectivity index (χ0n) is 22.5. The number of nitrogens with one attached hydrogen (secondary N) is 1. The third-order valence-electron chi connectivity index (χ3n) is 8.91. The summed E-state index contributed by atoms with van der Waals surface area (Å²) >= 11 is 0. The van der Waals surface area contributed by atoms with Crippen LogP contribution in [0, 0.1) is 16.2 Å². The summed E-state index contributed by atoms with van der Waals surface area (Å²) in [6.07, 6.45) is 6.94. The minimum absolute atomic E-state index is 0.0935. The Labute approximate surface area is 221 Å². The van der Waals surface area contributed by atoms with Crippen molar-refractivity contribution < 1.29 is 14.3 Å². The first-order chi connectivity index (χ1) is 17.9. The molecule has 5 atom stereocenters. The third-order valence-corrected chi connectivity index (χ3v) is 8.91. The summed E-state index contributed by atoms with van der Waals surface area (Å²) in [4.78, 5) is 32.4. The molecule has 0 spiro atoms. The van der Waals surface area contributed by atoms with Crippen molar-refractivity contribution in [1.29, 1.82) is 0 Å². The molecule has 1 N–H and O–H groups in total. The summed E-state index contributed by atoms with van der Waals surface area (Å²) in [5, 5.41) is 2.81. The Morgan fingerprint density at radius 3 is 1.70 bits per heavy atom. The number of benzene rings is 2. The molecule has 1 saturated carbocycles. The molecule has 2 aromatic carbocycles. The van der Waals surface area contributed by atoms with Gasteiger partial charge in [-0.15, -0.1) is 0 Å². The van der Waals surface area contributed by atoms with Crippen molar-refractivity contribution >= 4 is 17.7 Å². The number of amides is 2. The summed E-state index contributed by atoms with van der Waals surface area (Å²) in [6.45, 7) is 6.46. The van der Waals surface area contributed by atoms with Crippen LogP contribution in [0.15, 0.2) is 65.7 Å². The molecule has 5 nitrogen and oxygen atoms in total. The van der Waals surface area contributed by atoms with E-state index in [1.54, 1.807) is 0 Å². The molecule has 3 aliphatic rings. The lowest BCUT2D eigenvalue weighted by Gasteiger charge is -2.57. The largest absolute Gasteiger partial charge is 0.470 e. The number of rotatable bonds is 9. The van der Waals surface area contributed by atoms with Gasteiger partial charge in [-0.3, -0.25) is 14.9 Å². The van der Waals surface area contributed by atoms with Crippen LogP contribution in [0.5, 0.6) is 0 Å². The highest BCUT2D eigenvalue weighted by molar-refractivity contribution is 6.05. The van der Waals surface area contributed by atoms with Crippen LogP contribution in [0.3, 0.4) is 0 Å². The Hall–Kier alpha value is -2.95. The van der Waals surface area contributed by atoms with Crippen LogP contribution in [0.4, 0.5) is 0 Å². The molecule has 1 unspecified atom stereocenters. The molecular formula is C32H40N2O3. The van der Waals surface area contributed by atoms with E-state index in [9.17, 15) is 9.59 Å². The van der Waals surface area contributed by atoms with Gasteiger partial charge in [0.25, 0.3) is 0 Å². The lowest BCUT2D eigenvalue weighted by Crippen LogP contribution is -2.65. The van der Waals surface area contributed by atoms with Crippen LogP contribution < -0.4 is 5.32 Å². The summed E-state index contributed by atoms with van der Waals surface area (Å²) in [5.74, 6) is 0.563. The zero-order valence-corrected chi connectivity index (χ0v) is 22.5. The van der Waals surface area contributed by atoms with E-state index in [1.807, 2.05) is 36.4 Å². The fraction of sp³-hybridized carbons (Fsp3) is 0.531. The SMILES string of the molecule is CCCC1(C2=N[C@H](c3ccccc3)[C@H](c3ccccc3)O2)C[C@@]2(CCC)C[C@@](CCC)(C1)C(=O)NC2=O. The van der Waals surface area contributed by atoms with Gasteiger partial charge in [0.15, 0.2) is 12.0 Å². The topological polar surface area (TPSA) is 67.8 Å². The van der Waals surface area contributed by atoms with E-state index in [4.69, 9.17) is 9.73 Å². The van der Waals surface area contributed by atoms with Gasteiger partial charge in [-0.05, 0) is 49.7 Å². The number of hydrogen-bond donors (Lipinski definition) is 1. The van der Waals surface area contributed by atoms with Crippen LogP contribution in [-0.4, -0.2) is 17.7 Å². The normalized spacial score (nSPS) is 33.0. The highest BCUT2D eigenvalue weighted by atomic mass is 16.5. The standard InChI is InChI=1S/C32H40N2O3/c1-4-17-30-20-31(18-5-2,28(36)34-27(30)35)22-32(21-30,19-6-3)29-33-25(23-13-9-7-10-14-23)26(37-29)24-15-11-8-12-16-24/h7-16,25-26H,4-6,17-22H2,1-3H3,(H,34,35,36)/t25-,26+,30-,31+,32?/m1/s1. The zero-order chi connectivity index (χ0) is 26.1. The maximum absolute atomic E-state index is 13.5. The molecular weight excluding hydrogens is 460 g/mol. The van der Waals surface area contributed by atoms with Gasteiger partial charge in [-0.1, -0.05) is 101 Å². The molecule has 2 aromatic rings. The highest BCUT2D eigenvalue weighted by Crippen LogP contribution is 2.63. The molecule has 2 fully saturated rings. The molecule has 5 heteroatoms. The van der Waals surface area contributed by atoms with E-state index < -0.39 is 16.2 Å². The van der Waals surface area contributed by atoms with Gasteiger partial charge in [0.05, 0.1) is 10.8 Å². The van der Waals surface area contributed by atoms with Gasteiger partial charge in [0.2, 0.25) is 11.8 Å². The highest BCUT2D eigenvalue weighted by Gasteiger charge is 2.65. The number of carbonyl (C=O) groups excluding carboxylic acids is 2. The second kappa shape index (κ2) is 10.1. The summed E-state index contributed by atoms with van der Waals surface area (Å²) in [7, 11) is 0. The molecule has 2 amide bonds. The predicted molar refractivity (Wildman–Crippen MR) is 146 cm³/mol. The first-order valence-corrected chi connectivity index (χ1v) is 14.1. The van der Waals surface area contributed by atoms with Gasteiger partial charge in [0, 0.05) is 5.41 Å². The van der Waals surface area contributed by atoms with Crippen molar-refractivity contribution in [3.8, 4) is 0 Å². The van der Waals surface area contributed by atoms with Crippen molar-refractivity contribution in [1.82, 2.24) is 5.32 Å². The summed E-state index contributed by atoms with van der Waals surface area (Å²) in [5.41, 5.74) is 0.642. The average molecular weight is 501 g/mol. The molecule has 1 saturated heterocycles. The molecule has 2 aliphatic heterocycles. The number of aliphatic imine (C=N–C) groups is 1. The number of ether oxygens (including phenoxy) is 1. The van der Waals surface area contributed by atoms with Crippen LogP contribution in [0.1, 0.15) is 102 Å². The minimum atomic E-state index is -0.565. The van der Waals surface area contributed by atoms with Crippen LogP contribution >= 0.6 is 0 Å². The Balaban J connectivity index is 1.64. The van der Waals surface area contributed by atoms with Crippen molar-refractivity contribution in [2.45, 2.75) is 90.7 Å². The number of fused-ring (bicyclic) bond motifs is 2. The van der Waals surface area contributed by atoms with Crippen molar-refractivity contribution in [2.24, 2.45) is 21.2 Å². The second-order valence-electron chi connectivity index (χ2n) is 11.6. The van der Waals surface area contributed by atoms with Crippen molar-refractivity contribution in [3.05, 3.63) is 71.8 Å². The maximum Gasteiger partial charge on any atom is 0.232 e. The Morgan fingerprint density at radius 2 is 1.19 bits per heavy atom. The molecule has 0 aromatic heterocycles. The van der Waals surface area contributed by atoms with E-state index in [-0.39, 0.29) is 24.0 Å². The molecule has 196 valence electrons. The fourth-order valence-corrected chi connectivity index (χ4v) is 7.74. The minimum Gasteiger partial charge on any atom is -0.470 e. The van der Waals surface area contributed by atoms with Gasteiger partial charge < -0.3 is 4.74 Å². The lowest BCUT2D eigenvalue weighted by atomic mass is 9.48. The van der Waals surface area contributed by atoms with E-state index in [0.29, 0.717) is 19.3 Å². The monoisotopic (exact) mass is 500 g/mol. The fourth-order valence-electron chi connectivity index (χ4n) is 7.74. The first-order valence-electron chi connectivity index (χ1n) is 14.1. The lowest BCUT2D eigenvalue weighted by molar-refractivity contribution is -0.164. The molecule has 0 radical (unpaired) electrons. The Morgan fingerprint density at radius 1 is 0.730 bits per heavy atom. The molecule has 2 bridgehead atoms. The van der Waals surface area contributed by atoms with Crippen LogP contribution in [0.25, 0.3) is 0 Å². The van der Waals surface area contributed by atoms with E-state index in [1.165, 1.54) is 0 Å². The van der Waals surface area contributed by atoms with Gasteiger partial charge >= 0.3 is 0 Å². The molecule has 2 heterocycles. The first kappa shape index (κ1) is 25.7. The van der Waals surface area contributed by atoms with E-state index in [0.717, 1.165) is 55.5 Å². The summed E-state index contributed by atoms with van der Waals surface area (Å²) in [6, 6.07) is 20.5. The smallest absolute Gasteiger partial charge is 0.232 e. The maximum atomic E-state index is 13.5. The molecule has 1 aliphatic carbocycles. The average Bonchev–Trinajstić information content (AvgIpc) is 3.36. The van der Waals surface area contributed by atoms with Crippen LogP contribution in [0.2, 0.25) is 0 Å². The van der Waals surface area contributed by atoms with Gasteiger partial charge in [-0.25, -0.2) is 4.99 Å². The Kier molecular flexibility index (Phi) is 6.99. The number of piperidine rings is 1. The van der Waals surface area contributed by atoms with Gasteiger partial charge in [0.1, 0.15) is 6.04 Å². The van der Waals surface area contributed by atoms with Crippen molar-refractivity contribution in [3.63, 3.8) is 0 Å². The molecule has 37 heavy (non-hydrogen) atoms. The Bertz CT molecular complexity index is 1130. The number of nitrogens with zero attached hydrogens (tertiary/aromatic N) is 1. The quantitative estimate of drug-likeness (QED) is 0.374. The number of carbonyl (C=O) groups is 2. The van der Waals surface area contributed by atoms with Crippen molar-refractivity contribution in [2.75, 3.05) is 0 Å². The second-order valence-corrected chi connectivity index (χ2v) is 11.6.